The van der Waals surface area contributed by atoms with E-state index in [1.54, 1.807) is 12.1 Å². The van der Waals surface area contributed by atoms with Gasteiger partial charge in [-0.1, -0.05) is 19.8 Å². The number of hydrogen-bond acceptors (Lipinski definition) is 4. The van der Waals surface area contributed by atoms with E-state index >= 15 is 0 Å². The van der Waals surface area contributed by atoms with E-state index < -0.39 is 10.0 Å². The van der Waals surface area contributed by atoms with E-state index in [0.717, 1.165) is 32.1 Å². The molecule has 6 nitrogen and oxygen atoms in total. The zero-order chi connectivity index (χ0) is 18.6. The molecule has 26 heavy (non-hydrogen) atoms. The number of nitrogens with one attached hydrogen (secondary N) is 2. The van der Waals surface area contributed by atoms with Crippen molar-refractivity contribution < 1.29 is 17.9 Å². The van der Waals surface area contributed by atoms with Crippen LogP contribution in [0.2, 0.25) is 0 Å². The molecule has 144 valence electrons. The lowest BCUT2D eigenvalue weighted by atomic mass is 9.86. The highest BCUT2D eigenvalue weighted by atomic mass is 32.2. The average Bonchev–Trinajstić information content (AvgIpc) is 3.16. The maximum absolute atomic E-state index is 12.4. The molecule has 1 aliphatic carbocycles. The third kappa shape index (κ3) is 4.84. The van der Waals surface area contributed by atoms with Crippen LogP contribution in [0, 0.1) is 5.92 Å². The van der Waals surface area contributed by atoms with Gasteiger partial charge in [-0.15, -0.1) is 0 Å². The molecule has 0 radical (unpaired) electrons. The molecule has 2 N–H and O–H groups in total. The van der Waals surface area contributed by atoms with Crippen LogP contribution in [-0.4, -0.2) is 39.6 Å². The summed E-state index contributed by atoms with van der Waals surface area (Å²) in [5, 5.41) is 3.08. The van der Waals surface area contributed by atoms with E-state index in [1.165, 1.54) is 18.6 Å². The van der Waals surface area contributed by atoms with Crippen LogP contribution < -0.4 is 10.0 Å². The highest BCUT2D eigenvalue weighted by Gasteiger charge is 2.24. The topological polar surface area (TPSA) is 84.5 Å². The Labute approximate surface area is 155 Å². The SMILES string of the molecule is C[C@H]1CCCC[C@@H]1NC(=O)c1ccc(S(=O)(=O)NC[C@@H]2CCCO2)cc1. The molecular formula is C19H28N2O4S. The predicted molar refractivity (Wildman–Crippen MR) is 99.5 cm³/mol. The summed E-state index contributed by atoms with van der Waals surface area (Å²) in [7, 11) is -3.59. The van der Waals surface area contributed by atoms with Crippen LogP contribution >= 0.6 is 0 Å². The zero-order valence-corrected chi connectivity index (χ0v) is 16.1. The standard InChI is InChI=1S/C19H28N2O4S/c1-14-5-2-3-7-18(14)21-19(22)15-8-10-17(11-9-15)26(23,24)20-13-16-6-4-12-25-16/h8-11,14,16,18,20H,2-7,12-13H2,1H3,(H,21,22)/t14-,16-,18-/m0/s1. The van der Waals surface area contributed by atoms with E-state index in [4.69, 9.17) is 4.74 Å². The van der Waals surface area contributed by atoms with Crippen LogP contribution in [0.25, 0.3) is 0 Å². The Morgan fingerprint density at radius 2 is 1.85 bits per heavy atom. The number of benzene rings is 1. The van der Waals surface area contributed by atoms with E-state index in [9.17, 15) is 13.2 Å². The smallest absolute Gasteiger partial charge is 0.251 e. The molecule has 1 aromatic rings. The zero-order valence-electron chi connectivity index (χ0n) is 15.2. The summed E-state index contributed by atoms with van der Waals surface area (Å²) in [4.78, 5) is 12.6. The third-order valence-corrected chi connectivity index (χ3v) is 6.82. The van der Waals surface area contributed by atoms with Gasteiger partial charge < -0.3 is 10.1 Å². The minimum atomic E-state index is -3.59. The van der Waals surface area contributed by atoms with Crippen LogP contribution in [0.5, 0.6) is 0 Å². The van der Waals surface area contributed by atoms with Gasteiger partial charge in [0.15, 0.2) is 0 Å². The molecule has 2 fully saturated rings. The molecule has 1 aliphatic heterocycles. The summed E-state index contributed by atoms with van der Waals surface area (Å²) >= 11 is 0. The van der Waals surface area contributed by atoms with Gasteiger partial charge in [0.2, 0.25) is 10.0 Å². The first-order chi connectivity index (χ1) is 12.5. The van der Waals surface area contributed by atoms with Crippen molar-refractivity contribution >= 4 is 15.9 Å². The van der Waals surface area contributed by atoms with Crippen molar-refractivity contribution in [2.45, 2.75) is 62.5 Å². The molecule has 2 aliphatic rings. The average molecular weight is 381 g/mol. The molecule has 3 rings (SSSR count). The van der Waals surface area contributed by atoms with Crippen molar-refractivity contribution in [3.8, 4) is 0 Å². The molecule has 1 heterocycles. The molecule has 0 spiro atoms. The Hall–Kier alpha value is -1.44. The Kier molecular flexibility index (Phi) is 6.32. The predicted octanol–water partition coefficient (Wildman–Crippen LogP) is 2.45. The van der Waals surface area contributed by atoms with Crippen LogP contribution in [0.1, 0.15) is 55.8 Å². The highest BCUT2D eigenvalue weighted by molar-refractivity contribution is 7.89. The molecule has 1 saturated heterocycles. The Balaban J connectivity index is 1.58. The quantitative estimate of drug-likeness (QED) is 0.794. The van der Waals surface area contributed by atoms with Gasteiger partial charge >= 0.3 is 0 Å². The van der Waals surface area contributed by atoms with Crippen molar-refractivity contribution in [1.82, 2.24) is 10.0 Å². The second-order valence-corrected chi connectivity index (χ2v) is 9.12. The largest absolute Gasteiger partial charge is 0.377 e. The van der Waals surface area contributed by atoms with Gasteiger partial charge in [-0.25, -0.2) is 13.1 Å². The molecule has 1 saturated carbocycles. The van der Waals surface area contributed by atoms with Crippen molar-refractivity contribution in [1.29, 1.82) is 0 Å². The Morgan fingerprint density at radius 3 is 2.50 bits per heavy atom. The first-order valence-corrected chi connectivity index (χ1v) is 11.0. The molecule has 1 aromatic carbocycles. The fraction of sp³-hybridized carbons (Fsp3) is 0.632. The maximum Gasteiger partial charge on any atom is 0.251 e. The Morgan fingerprint density at radius 1 is 1.12 bits per heavy atom. The lowest BCUT2D eigenvalue weighted by Gasteiger charge is -2.29. The number of ether oxygens (including phenoxy) is 1. The van der Waals surface area contributed by atoms with Gasteiger partial charge in [-0.2, -0.15) is 0 Å². The monoisotopic (exact) mass is 380 g/mol. The lowest BCUT2D eigenvalue weighted by Crippen LogP contribution is -2.41. The van der Waals surface area contributed by atoms with Crippen LogP contribution in [0.4, 0.5) is 0 Å². The lowest BCUT2D eigenvalue weighted by molar-refractivity contribution is 0.0910. The van der Waals surface area contributed by atoms with E-state index in [2.05, 4.69) is 17.0 Å². The summed E-state index contributed by atoms with van der Waals surface area (Å²) < 4.78 is 32.7. The number of hydrogen-bond donors (Lipinski definition) is 2. The molecule has 7 heteroatoms. The van der Waals surface area contributed by atoms with Crippen molar-refractivity contribution in [3.63, 3.8) is 0 Å². The van der Waals surface area contributed by atoms with Crippen LogP contribution in [-0.2, 0) is 14.8 Å². The molecule has 0 bridgehead atoms. The van der Waals surface area contributed by atoms with Gasteiger partial charge in [-0.3, -0.25) is 4.79 Å². The summed E-state index contributed by atoms with van der Waals surface area (Å²) in [6.07, 6.45) is 6.30. The van der Waals surface area contributed by atoms with E-state index in [1.807, 2.05) is 0 Å². The molecule has 0 unspecified atom stereocenters. The summed E-state index contributed by atoms with van der Waals surface area (Å²) in [6, 6.07) is 6.31. The number of sulfonamides is 1. The van der Waals surface area contributed by atoms with Gasteiger partial charge in [0, 0.05) is 24.8 Å². The van der Waals surface area contributed by atoms with Crippen LogP contribution in [0.15, 0.2) is 29.2 Å². The molecular weight excluding hydrogens is 352 g/mol. The van der Waals surface area contributed by atoms with Gasteiger partial charge in [0.05, 0.1) is 11.0 Å². The van der Waals surface area contributed by atoms with Crippen molar-refractivity contribution in [3.05, 3.63) is 29.8 Å². The molecule has 3 atom stereocenters. The Bertz CT molecular complexity index is 712. The second-order valence-electron chi connectivity index (χ2n) is 7.35. The summed E-state index contributed by atoms with van der Waals surface area (Å²) in [5.74, 6) is 0.342. The first kappa shape index (κ1) is 19.3. The summed E-state index contributed by atoms with van der Waals surface area (Å²) in [5.41, 5.74) is 0.487. The number of carbonyl (C=O) groups is 1. The minimum absolute atomic E-state index is 0.0488. The van der Waals surface area contributed by atoms with Crippen LogP contribution in [0.3, 0.4) is 0 Å². The summed E-state index contributed by atoms with van der Waals surface area (Å²) in [6.45, 7) is 3.14. The van der Waals surface area contributed by atoms with Crippen molar-refractivity contribution in [2.75, 3.05) is 13.2 Å². The molecule has 0 aromatic heterocycles. The normalized spacial score (nSPS) is 26.6. The third-order valence-electron chi connectivity index (χ3n) is 5.38. The highest BCUT2D eigenvalue weighted by Crippen LogP contribution is 2.24. The minimum Gasteiger partial charge on any atom is -0.377 e. The van der Waals surface area contributed by atoms with E-state index in [-0.39, 0.29) is 29.5 Å². The number of amides is 1. The fourth-order valence-corrected chi connectivity index (χ4v) is 4.73. The first-order valence-electron chi connectivity index (χ1n) is 9.48. The van der Waals surface area contributed by atoms with Crippen molar-refractivity contribution in [2.24, 2.45) is 5.92 Å². The van der Waals surface area contributed by atoms with Gasteiger partial charge in [0.25, 0.3) is 5.91 Å². The van der Waals surface area contributed by atoms with Gasteiger partial charge in [-0.05, 0) is 55.9 Å². The van der Waals surface area contributed by atoms with E-state index in [0.29, 0.717) is 18.1 Å². The number of carbonyl (C=O) groups excluding carboxylic acids is 1. The fourth-order valence-electron chi connectivity index (χ4n) is 3.66. The van der Waals surface area contributed by atoms with Gasteiger partial charge in [0.1, 0.15) is 0 Å². The second kappa shape index (κ2) is 8.50. The maximum atomic E-state index is 12.4. The number of rotatable bonds is 6. The molecule has 1 amide bonds.